The number of primary amides is 1. The van der Waals surface area contributed by atoms with E-state index < -0.39 is 11.7 Å². The van der Waals surface area contributed by atoms with Crippen molar-refractivity contribution in [2.75, 3.05) is 6.61 Å². The second kappa shape index (κ2) is 3.96. The van der Waals surface area contributed by atoms with Crippen LogP contribution in [0.25, 0.3) is 0 Å². The molecule has 13 heavy (non-hydrogen) atoms. The van der Waals surface area contributed by atoms with Crippen LogP contribution in [0.1, 0.15) is 34.1 Å². The normalized spacial score (nSPS) is 12.7. The lowest BCUT2D eigenvalue weighted by molar-refractivity contribution is -0.00268. The molecule has 3 N–H and O–H groups in total. The second-order valence-electron chi connectivity index (χ2n) is 4.68. The molecule has 0 aliphatic rings. The van der Waals surface area contributed by atoms with Crippen LogP contribution >= 0.6 is 0 Å². The predicted octanol–water partition coefficient (Wildman–Crippen LogP) is 1.27. The minimum atomic E-state index is -0.779. The molecule has 0 aromatic carbocycles. The van der Waals surface area contributed by atoms with Crippen molar-refractivity contribution in [1.29, 1.82) is 0 Å². The molecule has 0 atom stereocenters. The first-order valence-corrected chi connectivity index (χ1v) is 4.28. The zero-order chi connectivity index (χ0) is 10.7. The molecule has 0 aliphatic carbocycles. The van der Waals surface area contributed by atoms with Crippen LogP contribution in [0.5, 0.6) is 0 Å². The summed E-state index contributed by atoms with van der Waals surface area (Å²) in [5.74, 6) is 0. The van der Waals surface area contributed by atoms with Gasteiger partial charge in [0.1, 0.15) is 5.60 Å². The molecule has 0 aromatic heterocycles. The molecule has 0 aromatic rings. The van der Waals surface area contributed by atoms with E-state index in [2.05, 4.69) is 0 Å². The number of nitrogens with two attached hydrogens (primary N) is 1. The van der Waals surface area contributed by atoms with Crippen LogP contribution in [0.3, 0.4) is 0 Å². The molecule has 4 heteroatoms. The van der Waals surface area contributed by atoms with Crippen molar-refractivity contribution in [2.45, 2.75) is 39.7 Å². The van der Waals surface area contributed by atoms with E-state index >= 15 is 0 Å². The van der Waals surface area contributed by atoms with Gasteiger partial charge in [-0.05, 0) is 25.7 Å². The van der Waals surface area contributed by atoms with Gasteiger partial charge in [-0.2, -0.15) is 0 Å². The van der Waals surface area contributed by atoms with Gasteiger partial charge in [-0.1, -0.05) is 13.8 Å². The minimum absolute atomic E-state index is 0.0541. The summed E-state index contributed by atoms with van der Waals surface area (Å²) in [6.07, 6.45) is -0.210. The predicted molar refractivity (Wildman–Crippen MR) is 50.2 cm³/mol. The van der Waals surface area contributed by atoms with Crippen LogP contribution in [-0.2, 0) is 4.74 Å². The molecule has 0 spiro atoms. The molecule has 0 rings (SSSR count). The van der Waals surface area contributed by atoms with Crippen LogP contribution in [0.4, 0.5) is 4.79 Å². The summed E-state index contributed by atoms with van der Waals surface area (Å²) in [5.41, 5.74) is 4.02. The zero-order valence-electron chi connectivity index (χ0n) is 8.76. The fraction of sp³-hybridized carbons (Fsp3) is 0.889. The smallest absolute Gasteiger partial charge is 0.405 e. The van der Waals surface area contributed by atoms with Crippen molar-refractivity contribution in [2.24, 2.45) is 11.1 Å². The van der Waals surface area contributed by atoms with E-state index in [4.69, 9.17) is 15.6 Å². The van der Waals surface area contributed by atoms with Crippen LogP contribution in [0.2, 0.25) is 0 Å². The first-order valence-electron chi connectivity index (χ1n) is 4.28. The maximum atomic E-state index is 10.5. The van der Waals surface area contributed by atoms with E-state index in [-0.39, 0.29) is 12.0 Å². The Hall–Kier alpha value is -0.770. The lowest BCUT2D eigenvalue weighted by Gasteiger charge is -2.32. The Labute approximate surface area is 79.1 Å². The zero-order valence-corrected chi connectivity index (χ0v) is 8.76. The van der Waals surface area contributed by atoms with E-state index in [0.717, 1.165) is 0 Å². The average molecular weight is 189 g/mol. The van der Waals surface area contributed by atoms with Gasteiger partial charge in [0.05, 0.1) is 0 Å². The number of carbonyl (C=O) groups excluding carboxylic acids is 1. The molecule has 78 valence electrons. The fourth-order valence-corrected chi connectivity index (χ4v) is 1.52. The molecular weight excluding hydrogens is 170 g/mol. The number of ether oxygens (including phenoxy) is 1. The molecule has 0 unspecified atom stereocenters. The Morgan fingerprint density at radius 3 is 2.15 bits per heavy atom. The standard InChI is InChI=1S/C9H19NO3/c1-8(2,6-11)5-9(3,4)13-7(10)12/h11H,5-6H2,1-4H3,(H2,10,12). The first-order chi connectivity index (χ1) is 5.68. The van der Waals surface area contributed by atoms with Crippen molar-refractivity contribution in [1.82, 2.24) is 0 Å². The number of hydrogen-bond acceptors (Lipinski definition) is 3. The fourth-order valence-electron chi connectivity index (χ4n) is 1.52. The van der Waals surface area contributed by atoms with E-state index in [1.807, 2.05) is 13.8 Å². The quantitative estimate of drug-likeness (QED) is 0.699. The van der Waals surface area contributed by atoms with Gasteiger partial charge in [-0.25, -0.2) is 4.79 Å². The van der Waals surface area contributed by atoms with E-state index in [1.165, 1.54) is 0 Å². The Bertz CT molecular complexity index is 187. The number of aliphatic hydroxyl groups excluding tert-OH is 1. The van der Waals surface area contributed by atoms with Gasteiger partial charge < -0.3 is 15.6 Å². The monoisotopic (exact) mass is 189 g/mol. The Morgan fingerprint density at radius 2 is 1.85 bits per heavy atom. The Kier molecular flexibility index (Phi) is 3.72. The number of amides is 1. The van der Waals surface area contributed by atoms with Gasteiger partial charge in [-0.3, -0.25) is 0 Å². The van der Waals surface area contributed by atoms with Gasteiger partial charge in [0, 0.05) is 6.61 Å². The van der Waals surface area contributed by atoms with Gasteiger partial charge >= 0.3 is 6.09 Å². The average Bonchev–Trinajstić information content (AvgIpc) is 1.81. The van der Waals surface area contributed by atoms with E-state index in [9.17, 15) is 4.79 Å². The third kappa shape index (κ3) is 5.47. The number of aliphatic hydroxyl groups is 1. The number of carbonyl (C=O) groups is 1. The SMILES string of the molecule is CC(C)(CO)CC(C)(C)OC(N)=O. The second-order valence-corrected chi connectivity index (χ2v) is 4.68. The minimum Gasteiger partial charge on any atom is -0.444 e. The lowest BCUT2D eigenvalue weighted by atomic mass is 9.82. The molecule has 0 saturated carbocycles. The van der Waals surface area contributed by atoms with Gasteiger partial charge in [-0.15, -0.1) is 0 Å². The largest absolute Gasteiger partial charge is 0.444 e. The van der Waals surface area contributed by atoms with Crippen molar-refractivity contribution >= 4 is 6.09 Å². The summed E-state index contributed by atoms with van der Waals surface area (Å²) in [6, 6.07) is 0. The van der Waals surface area contributed by atoms with Gasteiger partial charge in [0.2, 0.25) is 0 Å². The summed E-state index contributed by atoms with van der Waals surface area (Å²) < 4.78 is 4.90. The van der Waals surface area contributed by atoms with Crippen molar-refractivity contribution in [3.05, 3.63) is 0 Å². The summed E-state index contributed by atoms with van der Waals surface area (Å²) in [5, 5.41) is 9.02. The number of rotatable bonds is 4. The molecule has 1 amide bonds. The van der Waals surface area contributed by atoms with Gasteiger partial charge in [0.15, 0.2) is 0 Å². The highest BCUT2D eigenvalue weighted by molar-refractivity contribution is 5.65. The molecule has 0 saturated heterocycles. The molecule has 0 aliphatic heterocycles. The molecular formula is C9H19NO3. The van der Waals surface area contributed by atoms with Crippen LogP contribution < -0.4 is 5.73 Å². The molecule has 0 heterocycles. The Morgan fingerprint density at radius 1 is 1.38 bits per heavy atom. The first kappa shape index (κ1) is 12.2. The summed E-state index contributed by atoms with van der Waals surface area (Å²) in [6.45, 7) is 7.40. The topological polar surface area (TPSA) is 72.6 Å². The summed E-state index contributed by atoms with van der Waals surface area (Å²) >= 11 is 0. The maximum Gasteiger partial charge on any atom is 0.405 e. The van der Waals surface area contributed by atoms with E-state index in [1.54, 1.807) is 13.8 Å². The highest BCUT2D eigenvalue weighted by atomic mass is 16.6. The van der Waals surface area contributed by atoms with Gasteiger partial charge in [0.25, 0.3) is 0 Å². The van der Waals surface area contributed by atoms with Crippen molar-refractivity contribution < 1.29 is 14.6 Å². The maximum absolute atomic E-state index is 10.5. The van der Waals surface area contributed by atoms with Crippen LogP contribution in [0, 0.1) is 5.41 Å². The van der Waals surface area contributed by atoms with Crippen molar-refractivity contribution in [3.63, 3.8) is 0 Å². The summed E-state index contributed by atoms with van der Waals surface area (Å²) in [4.78, 5) is 10.5. The lowest BCUT2D eigenvalue weighted by Crippen LogP contribution is -2.37. The van der Waals surface area contributed by atoms with Crippen LogP contribution in [0.15, 0.2) is 0 Å². The third-order valence-electron chi connectivity index (χ3n) is 1.71. The molecule has 0 radical (unpaired) electrons. The van der Waals surface area contributed by atoms with E-state index in [0.29, 0.717) is 6.42 Å². The highest BCUT2D eigenvalue weighted by Crippen LogP contribution is 2.29. The Balaban J connectivity index is 4.24. The molecule has 0 fully saturated rings. The van der Waals surface area contributed by atoms with Crippen molar-refractivity contribution in [3.8, 4) is 0 Å². The number of hydrogen-bond donors (Lipinski definition) is 2. The van der Waals surface area contributed by atoms with Crippen LogP contribution in [-0.4, -0.2) is 23.4 Å². The highest BCUT2D eigenvalue weighted by Gasteiger charge is 2.30. The summed E-state index contributed by atoms with van der Waals surface area (Å²) in [7, 11) is 0. The molecule has 0 bridgehead atoms. The third-order valence-corrected chi connectivity index (χ3v) is 1.71. The molecule has 4 nitrogen and oxygen atoms in total.